The predicted octanol–water partition coefficient (Wildman–Crippen LogP) is 4.73. The minimum absolute atomic E-state index is 0.0138. The molecule has 0 aromatic carbocycles. The molecule has 0 aliphatic rings. The van der Waals surface area contributed by atoms with Crippen LogP contribution in [-0.2, 0) is 9.53 Å². The summed E-state index contributed by atoms with van der Waals surface area (Å²) in [4.78, 5) is 14.3. The van der Waals surface area contributed by atoms with E-state index >= 15 is 0 Å². The molecular weight excluding hydrogens is 348 g/mol. The fraction of sp³-hybridized carbons (Fsp3) is 0.875. The van der Waals surface area contributed by atoms with Crippen LogP contribution in [0, 0.1) is 30.1 Å². The lowest BCUT2D eigenvalue weighted by atomic mass is 9.87. The molecule has 1 N–H and O–H groups in total. The number of hydrogen-bond donors (Lipinski definition) is 1. The molecule has 0 spiro atoms. The fourth-order valence-corrected chi connectivity index (χ4v) is 4.10. The Bertz CT molecular complexity index is 489. The molecule has 0 aromatic rings. The van der Waals surface area contributed by atoms with Crippen LogP contribution in [0.2, 0.25) is 0 Å². The Balaban J connectivity index is 4.80. The van der Waals surface area contributed by atoms with E-state index in [1.54, 1.807) is 0 Å². The molecule has 164 valence electrons. The number of terminal acetylenes is 1. The molecule has 0 aliphatic carbocycles. The van der Waals surface area contributed by atoms with Gasteiger partial charge in [0.25, 0.3) is 0 Å². The number of ether oxygens (including phenoxy) is 1. The van der Waals surface area contributed by atoms with Crippen LogP contribution in [0.5, 0.6) is 0 Å². The molecule has 0 aromatic heterocycles. The van der Waals surface area contributed by atoms with Gasteiger partial charge in [0.05, 0.1) is 6.42 Å². The largest absolute Gasteiger partial charge is 0.452 e. The van der Waals surface area contributed by atoms with Gasteiger partial charge < -0.3 is 10.1 Å². The Kier molecular flexibility index (Phi) is 12.0. The van der Waals surface area contributed by atoms with Crippen molar-refractivity contribution in [2.24, 2.45) is 17.8 Å². The maximum Gasteiger partial charge on any atom is 0.308 e. The van der Waals surface area contributed by atoms with E-state index in [4.69, 9.17) is 11.2 Å². The molecule has 0 rings (SSSR count). The third kappa shape index (κ3) is 12.4. The number of esters is 1. The minimum atomic E-state index is -0.215. The van der Waals surface area contributed by atoms with Gasteiger partial charge >= 0.3 is 5.97 Å². The van der Waals surface area contributed by atoms with Crippen LogP contribution in [0.4, 0.5) is 0 Å². The minimum Gasteiger partial charge on any atom is -0.452 e. The van der Waals surface area contributed by atoms with E-state index in [9.17, 15) is 4.79 Å². The molecule has 28 heavy (non-hydrogen) atoms. The molecule has 0 amide bonds. The highest BCUT2D eigenvalue weighted by Crippen LogP contribution is 2.26. The second-order valence-electron chi connectivity index (χ2n) is 10.4. The first-order valence-corrected chi connectivity index (χ1v) is 10.9. The summed E-state index contributed by atoms with van der Waals surface area (Å²) < 4.78 is 5.04. The van der Waals surface area contributed by atoms with Gasteiger partial charge in [-0.3, -0.25) is 9.69 Å². The maximum absolute atomic E-state index is 11.9. The van der Waals surface area contributed by atoms with Gasteiger partial charge in [0.15, 0.2) is 6.61 Å². The van der Waals surface area contributed by atoms with Crippen molar-refractivity contribution < 1.29 is 9.53 Å². The molecule has 0 saturated carbocycles. The lowest BCUT2D eigenvalue weighted by molar-refractivity contribution is -0.142. The lowest BCUT2D eigenvalue weighted by Crippen LogP contribution is -2.49. The molecule has 0 saturated heterocycles. The molecular formula is C24H46N2O2. The maximum atomic E-state index is 11.9. The highest BCUT2D eigenvalue weighted by atomic mass is 16.5. The Morgan fingerprint density at radius 1 is 1.07 bits per heavy atom. The number of nitrogens with zero attached hydrogens (tertiary/aromatic N) is 1. The van der Waals surface area contributed by atoms with Crippen molar-refractivity contribution in [3.8, 4) is 12.3 Å². The van der Waals surface area contributed by atoms with Gasteiger partial charge in [0.1, 0.15) is 0 Å². The van der Waals surface area contributed by atoms with Crippen LogP contribution in [-0.4, -0.2) is 48.2 Å². The van der Waals surface area contributed by atoms with Crippen molar-refractivity contribution in [2.75, 3.05) is 26.2 Å². The van der Waals surface area contributed by atoms with Crippen LogP contribution < -0.4 is 5.32 Å². The van der Waals surface area contributed by atoms with Crippen LogP contribution in [0.15, 0.2) is 0 Å². The van der Waals surface area contributed by atoms with Crippen molar-refractivity contribution in [3.63, 3.8) is 0 Å². The van der Waals surface area contributed by atoms with Crippen molar-refractivity contribution in [1.29, 1.82) is 0 Å². The first-order valence-electron chi connectivity index (χ1n) is 10.9. The van der Waals surface area contributed by atoms with Crippen molar-refractivity contribution >= 4 is 5.97 Å². The summed E-state index contributed by atoms with van der Waals surface area (Å²) in [6, 6.07) is 0. The molecule has 1 unspecified atom stereocenters. The van der Waals surface area contributed by atoms with Crippen LogP contribution >= 0.6 is 0 Å². The predicted molar refractivity (Wildman–Crippen MR) is 120 cm³/mol. The Hall–Kier alpha value is -1.05. The zero-order valence-electron chi connectivity index (χ0n) is 20.0. The van der Waals surface area contributed by atoms with Crippen LogP contribution in [0.1, 0.15) is 81.6 Å². The summed E-state index contributed by atoms with van der Waals surface area (Å²) in [6.07, 6.45) is 7.79. The summed E-state index contributed by atoms with van der Waals surface area (Å²) in [5.74, 6) is 3.91. The number of carbonyl (C=O) groups excluding carboxylic acids is 1. The monoisotopic (exact) mass is 394 g/mol. The number of nitrogens with one attached hydrogen (secondary N) is 1. The molecule has 0 aliphatic heterocycles. The molecule has 0 radical (unpaired) electrons. The standard InChI is InChI=1S/C24H46N2O2/c1-11-14-28-22(27)12-13-26(18-20(4)5)24(9,10)16-21(6)17-25-23(7,8)15-19(2)3/h1,19-21,25H,12-18H2,2-10H3. The summed E-state index contributed by atoms with van der Waals surface area (Å²) in [5, 5.41) is 3.75. The average molecular weight is 395 g/mol. The average Bonchev–Trinajstić information content (AvgIpc) is 2.53. The number of carbonyl (C=O) groups is 1. The third-order valence-corrected chi connectivity index (χ3v) is 5.04. The fourth-order valence-electron chi connectivity index (χ4n) is 4.10. The van der Waals surface area contributed by atoms with Gasteiger partial charge in [0.2, 0.25) is 0 Å². The van der Waals surface area contributed by atoms with Gasteiger partial charge in [-0.05, 0) is 64.8 Å². The van der Waals surface area contributed by atoms with Crippen molar-refractivity contribution in [1.82, 2.24) is 10.2 Å². The quantitative estimate of drug-likeness (QED) is 0.342. The molecule has 0 fully saturated rings. The smallest absolute Gasteiger partial charge is 0.308 e. The third-order valence-electron chi connectivity index (χ3n) is 5.04. The van der Waals surface area contributed by atoms with E-state index < -0.39 is 0 Å². The SMILES string of the molecule is C#CCOC(=O)CCN(CC(C)C)C(C)(C)CC(C)CNC(C)(C)CC(C)C. The highest BCUT2D eigenvalue weighted by Gasteiger charge is 2.30. The van der Waals surface area contributed by atoms with Gasteiger partial charge in [0, 0.05) is 24.2 Å². The van der Waals surface area contributed by atoms with Crippen LogP contribution in [0.25, 0.3) is 0 Å². The van der Waals surface area contributed by atoms with E-state index in [2.05, 4.69) is 78.5 Å². The van der Waals surface area contributed by atoms with Crippen molar-refractivity contribution in [2.45, 2.75) is 92.7 Å². The van der Waals surface area contributed by atoms with E-state index in [0.717, 1.165) is 19.5 Å². The summed E-state index contributed by atoms with van der Waals surface area (Å²) >= 11 is 0. The Labute approximate surface area is 175 Å². The zero-order chi connectivity index (χ0) is 22.0. The topological polar surface area (TPSA) is 41.6 Å². The Morgan fingerprint density at radius 3 is 2.18 bits per heavy atom. The molecule has 0 bridgehead atoms. The molecule has 1 atom stereocenters. The van der Waals surface area contributed by atoms with Gasteiger partial charge in [-0.25, -0.2) is 0 Å². The van der Waals surface area contributed by atoms with E-state index in [1.165, 1.54) is 6.42 Å². The molecule has 0 heterocycles. The second-order valence-corrected chi connectivity index (χ2v) is 10.4. The zero-order valence-corrected chi connectivity index (χ0v) is 20.0. The van der Waals surface area contributed by atoms with Gasteiger partial charge in [-0.1, -0.05) is 40.5 Å². The summed E-state index contributed by atoms with van der Waals surface area (Å²) in [5.41, 5.74) is 0.172. The number of rotatable bonds is 14. The highest BCUT2D eigenvalue weighted by molar-refractivity contribution is 5.69. The van der Waals surface area contributed by atoms with Gasteiger partial charge in [-0.15, -0.1) is 6.42 Å². The van der Waals surface area contributed by atoms with Crippen LogP contribution in [0.3, 0.4) is 0 Å². The van der Waals surface area contributed by atoms with E-state index in [0.29, 0.717) is 30.7 Å². The van der Waals surface area contributed by atoms with Gasteiger partial charge in [-0.2, -0.15) is 0 Å². The van der Waals surface area contributed by atoms with E-state index in [-0.39, 0.29) is 23.7 Å². The second kappa shape index (κ2) is 12.5. The summed E-state index contributed by atoms with van der Waals surface area (Å²) in [6.45, 7) is 23.2. The first kappa shape index (κ1) is 27.0. The van der Waals surface area contributed by atoms with E-state index in [1.807, 2.05) is 0 Å². The summed E-state index contributed by atoms with van der Waals surface area (Å²) in [7, 11) is 0. The normalized spacial score (nSPS) is 13.8. The first-order chi connectivity index (χ1) is 12.8. The molecule has 4 heteroatoms. The lowest BCUT2D eigenvalue weighted by Gasteiger charge is -2.42. The number of hydrogen-bond acceptors (Lipinski definition) is 4. The van der Waals surface area contributed by atoms with Crippen molar-refractivity contribution in [3.05, 3.63) is 0 Å². The Morgan fingerprint density at radius 2 is 1.68 bits per heavy atom. The molecule has 4 nitrogen and oxygen atoms in total.